The number of aromatic amines is 1. The van der Waals surface area contributed by atoms with Crippen molar-refractivity contribution in [2.75, 3.05) is 20.3 Å². The molecule has 2 fully saturated rings. The Kier molecular flexibility index (Phi) is 7.28. The van der Waals surface area contributed by atoms with Gasteiger partial charge in [-0.05, 0) is 62.9 Å². The molecule has 1 saturated carbocycles. The lowest BCUT2D eigenvalue weighted by Crippen LogP contribution is -2.46. The number of halogens is 6. The van der Waals surface area contributed by atoms with Crippen molar-refractivity contribution in [1.29, 1.82) is 0 Å². The zero-order chi connectivity index (χ0) is 26.1. The summed E-state index contributed by atoms with van der Waals surface area (Å²) in [5.74, 6) is -0.430. The van der Waals surface area contributed by atoms with E-state index in [2.05, 4.69) is 30.8 Å². The standard InChI is InChI=1S/C22H26F6N6O2/c1-34(16-3-6-36-7-4-16)17-2-5-20(11-17,18-30-32-33-31-18)19(35)29-12-13-8-14(21(23,24)25)10-15(9-13)22(26,27)28/h8-10,16-17H,2-7,11-12H2,1H3,(H,29,35)(H,30,31,32,33)/t17-,20+/m1/s1. The number of benzene rings is 1. The van der Waals surface area contributed by atoms with Gasteiger partial charge in [0.25, 0.3) is 0 Å². The quantitative estimate of drug-likeness (QED) is 0.567. The summed E-state index contributed by atoms with van der Waals surface area (Å²) in [5, 5.41) is 16.4. The van der Waals surface area contributed by atoms with E-state index >= 15 is 0 Å². The van der Waals surface area contributed by atoms with Gasteiger partial charge in [0.15, 0.2) is 5.82 Å². The number of nitrogens with zero attached hydrogens (tertiary/aromatic N) is 4. The molecule has 0 radical (unpaired) electrons. The minimum atomic E-state index is -4.97. The highest BCUT2D eigenvalue weighted by Crippen LogP contribution is 2.43. The number of carbonyl (C=O) groups excluding carboxylic acids is 1. The van der Waals surface area contributed by atoms with Crippen LogP contribution in [0.5, 0.6) is 0 Å². The zero-order valence-electron chi connectivity index (χ0n) is 19.4. The number of tetrazole rings is 1. The smallest absolute Gasteiger partial charge is 0.381 e. The molecule has 0 spiro atoms. The Morgan fingerprint density at radius 1 is 1.08 bits per heavy atom. The van der Waals surface area contributed by atoms with Gasteiger partial charge in [0.1, 0.15) is 5.41 Å². The molecular weight excluding hydrogens is 494 g/mol. The van der Waals surface area contributed by atoms with Gasteiger partial charge in [-0.2, -0.15) is 31.6 Å². The van der Waals surface area contributed by atoms with Crippen LogP contribution in [0.2, 0.25) is 0 Å². The van der Waals surface area contributed by atoms with E-state index < -0.39 is 41.3 Å². The van der Waals surface area contributed by atoms with Gasteiger partial charge in [-0.25, -0.2) is 0 Å². The summed E-state index contributed by atoms with van der Waals surface area (Å²) < 4.78 is 84.7. The molecule has 1 aromatic carbocycles. The number of aromatic nitrogens is 4. The maximum Gasteiger partial charge on any atom is 0.416 e. The van der Waals surface area contributed by atoms with Crippen LogP contribution in [0, 0.1) is 0 Å². The Labute approximate surface area is 202 Å². The second kappa shape index (κ2) is 9.96. The number of ether oxygens (including phenoxy) is 1. The normalized spacial score (nSPS) is 23.8. The molecule has 1 aliphatic carbocycles. The SMILES string of the molecule is CN(C1CCOCC1)[C@@H]1CC[C@@](C(=O)NCc2cc(C(F)(F)F)cc(C(F)(F)F)c2)(c2nn[nH]n2)C1. The first-order chi connectivity index (χ1) is 16.9. The Morgan fingerprint density at radius 3 is 2.28 bits per heavy atom. The van der Waals surface area contributed by atoms with E-state index in [1.54, 1.807) is 0 Å². The molecule has 36 heavy (non-hydrogen) atoms. The summed E-state index contributed by atoms with van der Waals surface area (Å²) in [4.78, 5) is 15.6. The molecule has 1 saturated heterocycles. The second-order valence-corrected chi connectivity index (χ2v) is 9.32. The zero-order valence-corrected chi connectivity index (χ0v) is 19.4. The largest absolute Gasteiger partial charge is 0.416 e. The fraction of sp³-hybridized carbons (Fsp3) is 0.636. The predicted molar refractivity (Wildman–Crippen MR) is 113 cm³/mol. The summed E-state index contributed by atoms with van der Waals surface area (Å²) in [7, 11) is 1.98. The van der Waals surface area contributed by atoms with Gasteiger partial charge in [-0.3, -0.25) is 4.79 Å². The number of hydrogen-bond acceptors (Lipinski definition) is 6. The van der Waals surface area contributed by atoms with Crippen LogP contribution in [0.25, 0.3) is 0 Å². The van der Waals surface area contributed by atoms with Crippen molar-refractivity contribution >= 4 is 5.91 Å². The van der Waals surface area contributed by atoms with Gasteiger partial charge in [-0.15, -0.1) is 10.2 Å². The number of alkyl halides is 6. The van der Waals surface area contributed by atoms with E-state index in [0.29, 0.717) is 44.6 Å². The average Bonchev–Trinajstić information content (AvgIpc) is 3.52. The Bertz CT molecular complexity index is 1020. The van der Waals surface area contributed by atoms with Crippen molar-refractivity contribution in [2.45, 2.75) is 68.5 Å². The summed E-state index contributed by atoms with van der Waals surface area (Å²) in [6.07, 6.45) is -6.91. The van der Waals surface area contributed by atoms with Gasteiger partial charge < -0.3 is 15.0 Å². The minimum absolute atomic E-state index is 0.00254. The molecule has 0 unspecified atom stereocenters. The fourth-order valence-electron chi connectivity index (χ4n) is 5.11. The van der Waals surface area contributed by atoms with E-state index in [4.69, 9.17) is 4.74 Å². The van der Waals surface area contributed by atoms with Crippen LogP contribution < -0.4 is 5.32 Å². The van der Waals surface area contributed by atoms with Crippen molar-refractivity contribution in [3.05, 3.63) is 40.7 Å². The van der Waals surface area contributed by atoms with Crippen molar-refractivity contribution in [2.24, 2.45) is 0 Å². The van der Waals surface area contributed by atoms with Gasteiger partial charge >= 0.3 is 12.4 Å². The van der Waals surface area contributed by atoms with Crippen molar-refractivity contribution < 1.29 is 35.9 Å². The van der Waals surface area contributed by atoms with Crippen LogP contribution >= 0.6 is 0 Å². The first-order valence-corrected chi connectivity index (χ1v) is 11.5. The highest BCUT2D eigenvalue weighted by Gasteiger charge is 2.51. The summed E-state index contributed by atoms with van der Waals surface area (Å²) >= 11 is 0. The lowest BCUT2D eigenvalue weighted by atomic mass is 9.83. The van der Waals surface area contributed by atoms with E-state index in [0.717, 1.165) is 12.8 Å². The maximum atomic E-state index is 13.4. The van der Waals surface area contributed by atoms with Gasteiger partial charge in [0.05, 0.1) is 11.1 Å². The predicted octanol–water partition coefficient (Wildman–Crippen LogP) is 3.45. The Hall–Kier alpha value is -2.74. The lowest BCUT2D eigenvalue weighted by Gasteiger charge is -2.36. The van der Waals surface area contributed by atoms with Crippen molar-refractivity contribution in [1.82, 2.24) is 30.8 Å². The molecule has 1 aliphatic heterocycles. The molecule has 2 heterocycles. The van der Waals surface area contributed by atoms with Crippen molar-refractivity contribution in [3.63, 3.8) is 0 Å². The Balaban J connectivity index is 1.54. The summed E-state index contributed by atoms with van der Waals surface area (Å²) in [6.45, 7) is 0.774. The van der Waals surface area contributed by atoms with Crippen LogP contribution in [-0.2, 0) is 33.8 Å². The highest BCUT2D eigenvalue weighted by atomic mass is 19.4. The molecule has 0 bridgehead atoms. The van der Waals surface area contributed by atoms with E-state index in [-0.39, 0.29) is 29.5 Å². The van der Waals surface area contributed by atoms with E-state index in [1.807, 2.05) is 7.05 Å². The first-order valence-electron chi connectivity index (χ1n) is 11.5. The third-order valence-corrected chi connectivity index (χ3v) is 7.14. The molecule has 1 amide bonds. The fourth-order valence-corrected chi connectivity index (χ4v) is 5.11. The van der Waals surface area contributed by atoms with Crippen molar-refractivity contribution in [3.8, 4) is 0 Å². The monoisotopic (exact) mass is 520 g/mol. The number of carbonyl (C=O) groups is 1. The molecule has 8 nitrogen and oxygen atoms in total. The topological polar surface area (TPSA) is 96.0 Å². The third kappa shape index (κ3) is 5.48. The number of nitrogens with one attached hydrogen (secondary N) is 2. The van der Waals surface area contributed by atoms with Gasteiger partial charge in [0, 0.05) is 31.8 Å². The highest BCUT2D eigenvalue weighted by molar-refractivity contribution is 5.87. The van der Waals surface area contributed by atoms with Crippen LogP contribution in [-0.4, -0.2) is 63.8 Å². The van der Waals surface area contributed by atoms with E-state index in [1.165, 1.54) is 0 Å². The maximum absolute atomic E-state index is 13.4. The number of amides is 1. The molecule has 1 aromatic heterocycles. The molecule has 2 N–H and O–H groups in total. The lowest BCUT2D eigenvalue weighted by molar-refractivity contribution is -0.143. The number of rotatable bonds is 6. The molecule has 14 heteroatoms. The van der Waals surface area contributed by atoms with Crippen LogP contribution in [0.1, 0.15) is 54.6 Å². The Morgan fingerprint density at radius 2 is 1.72 bits per heavy atom. The van der Waals surface area contributed by atoms with Crippen LogP contribution in [0.3, 0.4) is 0 Å². The number of hydrogen-bond donors (Lipinski definition) is 2. The molecule has 2 aromatic rings. The molecule has 2 aliphatic rings. The minimum Gasteiger partial charge on any atom is -0.381 e. The molecular formula is C22H26F6N6O2. The first kappa shape index (κ1) is 26.3. The van der Waals surface area contributed by atoms with Gasteiger partial charge in [-0.1, -0.05) is 5.21 Å². The number of H-pyrrole nitrogens is 1. The second-order valence-electron chi connectivity index (χ2n) is 9.32. The van der Waals surface area contributed by atoms with Gasteiger partial charge in [0.2, 0.25) is 5.91 Å². The summed E-state index contributed by atoms with van der Waals surface area (Å²) in [5.41, 5.74) is -4.41. The van der Waals surface area contributed by atoms with Crippen LogP contribution in [0.4, 0.5) is 26.3 Å². The van der Waals surface area contributed by atoms with Crippen LogP contribution in [0.15, 0.2) is 18.2 Å². The molecule has 2 atom stereocenters. The average molecular weight is 520 g/mol. The van der Waals surface area contributed by atoms with E-state index in [9.17, 15) is 31.1 Å². The molecule has 198 valence electrons. The molecule has 4 rings (SSSR count). The third-order valence-electron chi connectivity index (χ3n) is 7.14. The summed E-state index contributed by atoms with van der Waals surface area (Å²) in [6, 6.07) is 1.54.